The Hall–Kier alpha value is -0.510. The molecule has 0 spiro atoms. The lowest BCUT2D eigenvalue weighted by molar-refractivity contribution is 0.145. The van der Waals surface area contributed by atoms with Crippen molar-refractivity contribution in [3.8, 4) is 0 Å². The monoisotopic (exact) mass is 373 g/mol. The molecule has 8 heteroatoms. The molecule has 1 aromatic heterocycles. The maximum Gasteiger partial charge on any atom is 0.282 e. The van der Waals surface area contributed by atoms with Crippen molar-refractivity contribution in [3.05, 3.63) is 22.4 Å². The Labute approximate surface area is 149 Å². The number of rotatable bonds is 6. The molecule has 3 heterocycles. The van der Waals surface area contributed by atoms with Gasteiger partial charge in [-0.2, -0.15) is 17.0 Å². The van der Waals surface area contributed by atoms with Gasteiger partial charge in [-0.3, -0.25) is 4.90 Å². The van der Waals surface area contributed by atoms with Crippen molar-refractivity contribution >= 4 is 21.5 Å². The predicted octanol–water partition coefficient (Wildman–Crippen LogP) is 1.61. The zero-order chi connectivity index (χ0) is 17.0. The van der Waals surface area contributed by atoms with Gasteiger partial charge in [-0.05, 0) is 37.3 Å². The number of hydrogen-bond donors (Lipinski definition) is 0. The first-order valence-electron chi connectivity index (χ1n) is 8.62. The van der Waals surface area contributed by atoms with Crippen LogP contribution < -0.4 is 0 Å². The largest absolute Gasteiger partial charge is 0.383 e. The standard InChI is InChI=1S/C16H27N3O3S2/c1-22-14-15-5-2-9-19(15)24(20,21)18-8-4-7-17(10-11-18)13-16-6-3-12-23-16/h3,6,12,15H,2,4-5,7-11,13-14H2,1H3. The van der Waals surface area contributed by atoms with Crippen molar-refractivity contribution in [1.29, 1.82) is 0 Å². The molecule has 1 unspecified atom stereocenters. The van der Waals surface area contributed by atoms with E-state index in [0.29, 0.717) is 26.2 Å². The van der Waals surface area contributed by atoms with Crippen LogP contribution in [0.5, 0.6) is 0 Å². The Bertz CT molecular complexity index is 606. The summed E-state index contributed by atoms with van der Waals surface area (Å²) < 4.78 is 34.6. The molecular formula is C16H27N3O3S2. The highest BCUT2D eigenvalue weighted by Gasteiger charge is 2.38. The van der Waals surface area contributed by atoms with E-state index in [-0.39, 0.29) is 6.04 Å². The molecule has 0 amide bonds. The van der Waals surface area contributed by atoms with Crippen LogP contribution in [0.25, 0.3) is 0 Å². The Kier molecular flexibility index (Phi) is 6.28. The van der Waals surface area contributed by atoms with E-state index in [2.05, 4.69) is 22.4 Å². The molecule has 1 atom stereocenters. The van der Waals surface area contributed by atoms with E-state index >= 15 is 0 Å². The molecule has 136 valence electrons. The highest BCUT2D eigenvalue weighted by Crippen LogP contribution is 2.24. The van der Waals surface area contributed by atoms with Crippen LogP contribution in [0.3, 0.4) is 0 Å². The lowest BCUT2D eigenvalue weighted by atomic mass is 10.2. The number of methoxy groups -OCH3 is 1. The Morgan fingerprint density at radius 1 is 1.21 bits per heavy atom. The minimum Gasteiger partial charge on any atom is -0.383 e. The number of ether oxygens (including phenoxy) is 1. The molecule has 6 nitrogen and oxygen atoms in total. The number of hydrogen-bond acceptors (Lipinski definition) is 5. The van der Waals surface area contributed by atoms with E-state index in [1.165, 1.54) is 4.88 Å². The summed E-state index contributed by atoms with van der Waals surface area (Å²) in [5, 5.41) is 2.09. The molecule has 0 aliphatic carbocycles. The van der Waals surface area contributed by atoms with Crippen LogP contribution in [-0.2, 0) is 21.5 Å². The number of nitrogens with zero attached hydrogens (tertiary/aromatic N) is 3. The van der Waals surface area contributed by atoms with E-state index in [4.69, 9.17) is 4.74 Å². The quantitative estimate of drug-likeness (QED) is 0.760. The fraction of sp³-hybridized carbons (Fsp3) is 0.750. The van der Waals surface area contributed by atoms with Crippen LogP contribution in [-0.4, -0.2) is 74.4 Å². The molecule has 1 aromatic rings. The third-order valence-electron chi connectivity index (χ3n) is 4.81. The third-order valence-corrected chi connectivity index (χ3v) is 7.76. The minimum absolute atomic E-state index is 0.00882. The summed E-state index contributed by atoms with van der Waals surface area (Å²) in [6.07, 6.45) is 2.70. The van der Waals surface area contributed by atoms with E-state index in [1.54, 1.807) is 27.1 Å². The smallest absolute Gasteiger partial charge is 0.282 e. The summed E-state index contributed by atoms with van der Waals surface area (Å²) in [5.74, 6) is 0. The number of thiophene rings is 1. The van der Waals surface area contributed by atoms with Gasteiger partial charge in [-0.1, -0.05) is 6.07 Å². The first-order chi connectivity index (χ1) is 11.6. The second-order valence-electron chi connectivity index (χ2n) is 6.48. The van der Waals surface area contributed by atoms with Gasteiger partial charge in [0, 0.05) is 50.8 Å². The highest BCUT2D eigenvalue weighted by molar-refractivity contribution is 7.86. The fourth-order valence-electron chi connectivity index (χ4n) is 3.58. The predicted molar refractivity (Wildman–Crippen MR) is 96.3 cm³/mol. The van der Waals surface area contributed by atoms with Gasteiger partial charge in [0.1, 0.15) is 0 Å². The molecule has 3 rings (SSSR count). The summed E-state index contributed by atoms with van der Waals surface area (Å²) in [5.41, 5.74) is 0. The van der Waals surface area contributed by atoms with Gasteiger partial charge in [-0.25, -0.2) is 0 Å². The molecule has 0 N–H and O–H groups in total. The maximum atomic E-state index is 13.0. The van der Waals surface area contributed by atoms with Crippen molar-refractivity contribution in [2.75, 3.05) is 46.4 Å². The van der Waals surface area contributed by atoms with Gasteiger partial charge in [0.15, 0.2) is 0 Å². The van der Waals surface area contributed by atoms with Crippen molar-refractivity contribution in [2.45, 2.75) is 31.8 Å². The average Bonchev–Trinajstić information content (AvgIpc) is 3.17. The van der Waals surface area contributed by atoms with Crippen LogP contribution in [0, 0.1) is 0 Å². The summed E-state index contributed by atoms with van der Waals surface area (Å²) in [7, 11) is -1.74. The summed E-state index contributed by atoms with van der Waals surface area (Å²) in [6, 6.07) is 4.20. The fourth-order valence-corrected chi connectivity index (χ4v) is 6.20. The summed E-state index contributed by atoms with van der Waals surface area (Å²) >= 11 is 1.76. The molecule has 2 fully saturated rings. The third kappa shape index (κ3) is 4.17. The lowest BCUT2D eigenvalue weighted by Crippen LogP contribution is -2.48. The molecular weight excluding hydrogens is 346 g/mol. The zero-order valence-electron chi connectivity index (χ0n) is 14.3. The van der Waals surface area contributed by atoms with Gasteiger partial charge in [0.25, 0.3) is 10.2 Å². The summed E-state index contributed by atoms with van der Waals surface area (Å²) in [4.78, 5) is 3.70. The first kappa shape index (κ1) is 18.3. The van der Waals surface area contributed by atoms with Crippen molar-refractivity contribution in [3.63, 3.8) is 0 Å². The van der Waals surface area contributed by atoms with Gasteiger partial charge in [0.05, 0.1) is 6.61 Å². The minimum atomic E-state index is -3.38. The lowest BCUT2D eigenvalue weighted by Gasteiger charge is -2.30. The topological polar surface area (TPSA) is 53.1 Å². The second-order valence-corrected chi connectivity index (χ2v) is 9.39. The van der Waals surface area contributed by atoms with Gasteiger partial charge in [0.2, 0.25) is 0 Å². The van der Waals surface area contributed by atoms with Crippen LogP contribution >= 0.6 is 11.3 Å². The SMILES string of the molecule is COCC1CCCN1S(=O)(=O)N1CCCN(Cc2cccs2)CC1. The Morgan fingerprint density at radius 2 is 2.08 bits per heavy atom. The molecule has 0 saturated carbocycles. The van der Waals surface area contributed by atoms with Crippen molar-refractivity contribution in [1.82, 2.24) is 13.5 Å². The maximum absolute atomic E-state index is 13.0. The molecule has 0 radical (unpaired) electrons. The molecule has 2 aliphatic heterocycles. The van der Waals surface area contributed by atoms with Gasteiger partial charge >= 0.3 is 0 Å². The van der Waals surface area contributed by atoms with E-state index in [0.717, 1.165) is 38.9 Å². The van der Waals surface area contributed by atoms with Crippen molar-refractivity contribution in [2.24, 2.45) is 0 Å². The van der Waals surface area contributed by atoms with Gasteiger partial charge < -0.3 is 4.74 Å². The summed E-state index contributed by atoms with van der Waals surface area (Å²) in [6.45, 7) is 4.94. The van der Waals surface area contributed by atoms with E-state index in [1.807, 2.05) is 0 Å². The van der Waals surface area contributed by atoms with Gasteiger partial charge in [-0.15, -0.1) is 11.3 Å². The first-order valence-corrected chi connectivity index (χ1v) is 10.9. The van der Waals surface area contributed by atoms with E-state index < -0.39 is 10.2 Å². The second kappa shape index (κ2) is 8.25. The molecule has 0 aromatic carbocycles. The van der Waals surface area contributed by atoms with Crippen LogP contribution in [0.1, 0.15) is 24.1 Å². The molecule has 2 saturated heterocycles. The van der Waals surface area contributed by atoms with Crippen LogP contribution in [0.2, 0.25) is 0 Å². The van der Waals surface area contributed by atoms with Crippen molar-refractivity contribution < 1.29 is 13.2 Å². The Balaban J connectivity index is 1.62. The van der Waals surface area contributed by atoms with Crippen LogP contribution in [0.4, 0.5) is 0 Å². The highest BCUT2D eigenvalue weighted by atomic mass is 32.2. The molecule has 2 aliphatic rings. The van der Waals surface area contributed by atoms with Crippen LogP contribution in [0.15, 0.2) is 17.5 Å². The zero-order valence-corrected chi connectivity index (χ0v) is 15.9. The average molecular weight is 374 g/mol. The molecule has 0 bridgehead atoms. The molecule has 24 heavy (non-hydrogen) atoms. The Morgan fingerprint density at radius 3 is 2.83 bits per heavy atom. The van der Waals surface area contributed by atoms with E-state index in [9.17, 15) is 8.42 Å². The normalized spacial score (nSPS) is 25.1.